The second-order valence-electron chi connectivity index (χ2n) is 4.63. The average molecular weight is 229 g/mol. The molecule has 1 aliphatic carbocycles. The Bertz CT molecular complexity index is 628. The highest BCUT2D eigenvalue weighted by Crippen LogP contribution is 2.28. The van der Waals surface area contributed by atoms with Gasteiger partial charge in [-0.05, 0) is 25.0 Å². The van der Waals surface area contributed by atoms with E-state index < -0.39 is 0 Å². The summed E-state index contributed by atoms with van der Waals surface area (Å²) in [5.41, 5.74) is 1.74. The van der Waals surface area contributed by atoms with Crippen molar-refractivity contribution in [2.75, 3.05) is 11.9 Å². The molecule has 88 valence electrons. The zero-order valence-electron chi connectivity index (χ0n) is 10.1. The Hall–Kier alpha value is -1.84. The van der Waals surface area contributed by atoms with Crippen molar-refractivity contribution >= 4 is 16.9 Å². The SMILES string of the molecule is CN(c1nc2ccccc2n(C)c1=O)C1CC1. The lowest BCUT2D eigenvalue weighted by molar-refractivity contribution is 0.832. The van der Waals surface area contributed by atoms with Crippen LogP contribution in [0.15, 0.2) is 29.1 Å². The molecule has 0 spiro atoms. The van der Waals surface area contributed by atoms with E-state index in [9.17, 15) is 4.79 Å². The van der Waals surface area contributed by atoms with E-state index in [0.29, 0.717) is 11.9 Å². The molecule has 0 unspecified atom stereocenters. The molecule has 3 rings (SSSR count). The van der Waals surface area contributed by atoms with Crippen LogP contribution < -0.4 is 10.5 Å². The number of aromatic nitrogens is 2. The van der Waals surface area contributed by atoms with Crippen LogP contribution >= 0.6 is 0 Å². The monoisotopic (exact) mass is 229 g/mol. The molecule has 0 amide bonds. The van der Waals surface area contributed by atoms with Gasteiger partial charge in [-0.25, -0.2) is 4.98 Å². The Morgan fingerprint density at radius 3 is 2.76 bits per heavy atom. The Morgan fingerprint density at radius 1 is 1.35 bits per heavy atom. The van der Waals surface area contributed by atoms with Crippen molar-refractivity contribution in [2.24, 2.45) is 7.05 Å². The summed E-state index contributed by atoms with van der Waals surface area (Å²) in [7, 11) is 3.76. The Morgan fingerprint density at radius 2 is 2.06 bits per heavy atom. The highest BCUT2D eigenvalue weighted by atomic mass is 16.1. The molecule has 4 heteroatoms. The number of anilines is 1. The van der Waals surface area contributed by atoms with Gasteiger partial charge < -0.3 is 9.47 Å². The lowest BCUT2D eigenvalue weighted by Gasteiger charge is -2.18. The fraction of sp³-hybridized carbons (Fsp3) is 0.385. The van der Waals surface area contributed by atoms with Crippen LogP contribution in [0.2, 0.25) is 0 Å². The van der Waals surface area contributed by atoms with E-state index in [-0.39, 0.29) is 5.56 Å². The van der Waals surface area contributed by atoms with Gasteiger partial charge in [0.15, 0.2) is 5.82 Å². The van der Waals surface area contributed by atoms with Gasteiger partial charge in [-0.3, -0.25) is 4.79 Å². The van der Waals surface area contributed by atoms with E-state index in [0.717, 1.165) is 23.9 Å². The van der Waals surface area contributed by atoms with E-state index in [1.807, 2.05) is 36.2 Å². The van der Waals surface area contributed by atoms with Crippen LogP contribution in [0.4, 0.5) is 5.82 Å². The van der Waals surface area contributed by atoms with E-state index in [4.69, 9.17) is 0 Å². The Balaban J connectivity index is 2.25. The van der Waals surface area contributed by atoms with Crippen LogP contribution in [-0.4, -0.2) is 22.6 Å². The maximum Gasteiger partial charge on any atom is 0.293 e. The molecule has 2 aromatic rings. The molecule has 0 N–H and O–H groups in total. The zero-order chi connectivity index (χ0) is 12.0. The van der Waals surface area contributed by atoms with Gasteiger partial charge in [-0.1, -0.05) is 12.1 Å². The Kier molecular flexibility index (Phi) is 2.18. The lowest BCUT2D eigenvalue weighted by atomic mass is 10.3. The number of rotatable bonds is 2. The van der Waals surface area contributed by atoms with E-state index in [1.54, 1.807) is 11.6 Å². The number of para-hydroxylation sites is 2. The Labute approximate surface area is 99.5 Å². The van der Waals surface area contributed by atoms with Crippen LogP contribution in [-0.2, 0) is 7.05 Å². The van der Waals surface area contributed by atoms with Gasteiger partial charge in [-0.2, -0.15) is 0 Å². The fourth-order valence-electron chi connectivity index (χ4n) is 2.13. The summed E-state index contributed by atoms with van der Waals surface area (Å²) < 4.78 is 1.68. The number of fused-ring (bicyclic) bond motifs is 1. The normalized spacial score (nSPS) is 15.2. The molecule has 0 saturated heterocycles. The summed E-state index contributed by atoms with van der Waals surface area (Å²) in [6, 6.07) is 8.23. The van der Waals surface area contributed by atoms with E-state index in [1.165, 1.54) is 0 Å². The first-order valence-corrected chi connectivity index (χ1v) is 5.87. The minimum absolute atomic E-state index is 0.0156. The summed E-state index contributed by atoms with van der Waals surface area (Å²) >= 11 is 0. The second kappa shape index (κ2) is 3.58. The van der Waals surface area contributed by atoms with E-state index in [2.05, 4.69) is 4.98 Å². The molecular formula is C13H15N3O. The first-order valence-electron chi connectivity index (χ1n) is 5.87. The molecular weight excluding hydrogens is 214 g/mol. The van der Waals surface area contributed by atoms with Gasteiger partial charge in [0.05, 0.1) is 11.0 Å². The van der Waals surface area contributed by atoms with Gasteiger partial charge >= 0.3 is 0 Å². The van der Waals surface area contributed by atoms with Crippen molar-refractivity contribution in [1.82, 2.24) is 9.55 Å². The van der Waals surface area contributed by atoms with Crippen molar-refractivity contribution in [3.8, 4) is 0 Å². The number of nitrogens with zero attached hydrogens (tertiary/aromatic N) is 3. The highest BCUT2D eigenvalue weighted by Gasteiger charge is 2.29. The average Bonchev–Trinajstić information content (AvgIpc) is 3.17. The summed E-state index contributed by atoms with van der Waals surface area (Å²) in [6.45, 7) is 0. The molecule has 0 atom stereocenters. The van der Waals surface area contributed by atoms with Gasteiger partial charge in [0.25, 0.3) is 5.56 Å². The molecule has 0 bridgehead atoms. The third-order valence-electron chi connectivity index (χ3n) is 3.39. The number of hydrogen-bond acceptors (Lipinski definition) is 3. The molecule has 1 saturated carbocycles. The summed E-state index contributed by atoms with van der Waals surface area (Å²) in [6.07, 6.45) is 2.32. The van der Waals surface area contributed by atoms with Crippen molar-refractivity contribution in [3.05, 3.63) is 34.6 Å². The standard InChI is InChI=1S/C13H15N3O/c1-15(9-7-8-9)12-13(17)16(2)11-6-4-3-5-10(11)14-12/h3-6,9H,7-8H2,1-2H3. The van der Waals surface area contributed by atoms with Gasteiger partial charge in [-0.15, -0.1) is 0 Å². The summed E-state index contributed by atoms with van der Waals surface area (Å²) in [4.78, 5) is 18.7. The number of hydrogen-bond donors (Lipinski definition) is 0. The molecule has 4 nitrogen and oxygen atoms in total. The zero-order valence-corrected chi connectivity index (χ0v) is 10.1. The molecule has 0 radical (unpaired) electrons. The van der Waals surface area contributed by atoms with Crippen molar-refractivity contribution in [3.63, 3.8) is 0 Å². The summed E-state index contributed by atoms with van der Waals surface area (Å²) in [5.74, 6) is 0.564. The van der Waals surface area contributed by atoms with Crippen LogP contribution in [0.1, 0.15) is 12.8 Å². The molecule has 0 aliphatic heterocycles. The first-order chi connectivity index (χ1) is 8.18. The number of aryl methyl sites for hydroxylation is 1. The third-order valence-corrected chi connectivity index (χ3v) is 3.39. The second-order valence-corrected chi connectivity index (χ2v) is 4.63. The van der Waals surface area contributed by atoms with E-state index >= 15 is 0 Å². The topological polar surface area (TPSA) is 38.1 Å². The molecule has 1 aromatic heterocycles. The molecule has 1 aromatic carbocycles. The molecule has 1 aliphatic rings. The lowest BCUT2D eigenvalue weighted by Crippen LogP contribution is -2.31. The van der Waals surface area contributed by atoms with Crippen molar-refractivity contribution < 1.29 is 0 Å². The minimum Gasteiger partial charge on any atom is -0.352 e. The minimum atomic E-state index is -0.0156. The van der Waals surface area contributed by atoms with Gasteiger partial charge in [0.1, 0.15) is 0 Å². The summed E-state index contributed by atoms with van der Waals surface area (Å²) in [5, 5.41) is 0. The van der Waals surface area contributed by atoms with Gasteiger partial charge in [0, 0.05) is 20.1 Å². The quantitative estimate of drug-likeness (QED) is 0.784. The van der Waals surface area contributed by atoms with Crippen molar-refractivity contribution in [1.29, 1.82) is 0 Å². The van der Waals surface area contributed by atoms with Crippen LogP contribution in [0.25, 0.3) is 11.0 Å². The highest BCUT2D eigenvalue weighted by molar-refractivity contribution is 5.76. The van der Waals surface area contributed by atoms with Crippen LogP contribution in [0.3, 0.4) is 0 Å². The molecule has 1 fully saturated rings. The van der Waals surface area contributed by atoms with Crippen molar-refractivity contribution in [2.45, 2.75) is 18.9 Å². The molecule has 1 heterocycles. The smallest absolute Gasteiger partial charge is 0.293 e. The first kappa shape index (κ1) is 10.3. The number of benzene rings is 1. The fourth-order valence-corrected chi connectivity index (χ4v) is 2.13. The van der Waals surface area contributed by atoms with Gasteiger partial charge in [0.2, 0.25) is 0 Å². The van der Waals surface area contributed by atoms with Crippen LogP contribution in [0.5, 0.6) is 0 Å². The van der Waals surface area contributed by atoms with Crippen LogP contribution in [0, 0.1) is 0 Å². The molecule has 17 heavy (non-hydrogen) atoms. The maximum absolute atomic E-state index is 12.2. The largest absolute Gasteiger partial charge is 0.352 e. The maximum atomic E-state index is 12.2. The predicted octanol–water partition coefficient (Wildman–Crippen LogP) is 1.53. The predicted molar refractivity (Wildman–Crippen MR) is 68.4 cm³/mol. The third kappa shape index (κ3) is 1.60.